The zero-order chi connectivity index (χ0) is 25.3. The molecule has 184 valence electrons. The van der Waals surface area contributed by atoms with Gasteiger partial charge >= 0.3 is 5.97 Å². The fourth-order valence-electron chi connectivity index (χ4n) is 3.40. The topological polar surface area (TPSA) is 242 Å². The molecule has 1 aromatic rings. The van der Waals surface area contributed by atoms with Crippen molar-refractivity contribution >= 4 is 69.8 Å². The second-order valence-electron chi connectivity index (χ2n) is 7.16. The zero-order valence-electron chi connectivity index (χ0n) is 17.6. The number of aromatic nitrogens is 2. The van der Waals surface area contributed by atoms with Crippen LogP contribution in [0.25, 0.3) is 0 Å². The number of β-lactam (4-membered cyclic amide) rings is 1. The highest BCUT2D eigenvalue weighted by molar-refractivity contribution is 8.02. The number of nitrogens with two attached hydrogens (primary N) is 2. The van der Waals surface area contributed by atoms with E-state index in [0.717, 1.165) is 16.7 Å². The van der Waals surface area contributed by atoms with E-state index < -0.39 is 46.1 Å². The van der Waals surface area contributed by atoms with Gasteiger partial charge in [-0.1, -0.05) is 11.8 Å². The number of carboxylic acid groups (broad SMARTS) is 1. The average molecular weight is 539 g/mol. The van der Waals surface area contributed by atoms with Crippen molar-refractivity contribution in [3.05, 3.63) is 33.7 Å². The Morgan fingerprint density at radius 3 is 2.86 bits per heavy atom. The van der Waals surface area contributed by atoms with Gasteiger partial charge in [0, 0.05) is 22.7 Å². The highest BCUT2D eigenvalue weighted by Gasteiger charge is 2.54. The second kappa shape index (κ2) is 10.0. The maximum absolute atomic E-state index is 12.8. The number of hydrogen-bond acceptors (Lipinski definition) is 13. The van der Waals surface area contributed by atoms with Crippen molar-refractivity contribution in [3.8, 4) is 0 Å². The normalized spacial score (nSPS) is 24.3. The highest BCUT2D eigenvalue weighted by atomic mass is 32.2. The maximum Gasteiger partial charge on any atom is 0.352 e. The number of amides is 2. The summed E-state index contributed by atoms with van der Waals surface area (Å²) in [6.07, 6.45) is 1.55. The quantitative estimate of drug-likeness (QED) is 0.105. The van der Waals surface area contributed by atoms with Crippen LogP contribution in [0.2, 0.25) is 0 Å². The summed E-state index contributed by atoms with van der Waals surface area (Å²) in [6, 6.07) is -1.05. The number of aliphatic carboxylic acids is 1. The Balaban J connectivity index is 1.47. The molecule has 15 nitrogen and oxygen atoms in total. The summed E-state index contributed by atoms with van der Waals surface area (Å²) in [7, 11) is -1.05. The third kappa shape index (κ3) is 4.98. The molecular weight excluding hydrogens is 520 g/mol. The molecule has 0 bridgehead atoms. The van der Waals surface area contributed by atoms with E-state index in [1.165, 1.54) is 17.8 Å². The summed E-state index contributed by atoms with van der Waals surface area (Å²) in [5, 5.41) is 16.4. The van der Waals surface area contributed by atoms with Crippen LogP contribution in [0.3, 0.4) is 0 Å². The SMILES string of the molecule is N=S1CN=C(C(N=O)C(=O)N[C@@H]2C(=O)N3C(C(=O)O)=C(C=CSc4cc(N)nc(N)n4)CS[C@H]23)N1. The predicted molar refractivity (Wildman–Crippen MR) is 131 cm³/mol. The molecule has 18 heteroatoms. The molecular formula is C17H18N10O5S3. The number of thioether (sulfide) groups is 2. The number of amidine groups is 1. The number of fused-ring (bicyclic) bond motifs is 1. The Bertz CT molecular complexity index is 1210. The van der Waals surface area contributed by atoms with Gasteiger partial charge in [-0.3, -0.25) is 24.3 Å². The number of nitroso groups, excluding NO2 is 1. The van der Waals surface area contributed by atoms with Crippen molar-refractivity contribution in [3.63, 3.8) is 0 Å². The van der Waals surface area contributed by atoms with Crippen LogP contribution in [0.15, 0.2) is 44.0 Å². The predicted octanol–water partition coefficient (Wildman–Crippen LogP) is -0.625. The van der Waals surface area contributed by atoms with Crippen molar-refractivity contribution < 1.29 is 19.5 Å². The second-order valence-corrected chi connectivity index (χ2v) is 10.4. The lowest BCUT2D eigenvalue weighted by Crippen LogP contribution is -2.71. The summed E-state index contributed by atoms with van der Waals surface area (Å²) < 4.78 is 10.2. The molecule has 4 heterocycles. The standard InChI is InChI=1S/C17H18N10O5S3/c18-7-3-8(23-17(19)22-7)33-2-1-6-4-34-15-10(14(29)27(15)11(6)16(30)31)24-13(28)9(25-32)12-21-5-35(20)26-12/h1-3,9-10,15H,4-5H2,(H,24,28)(H,30,31)(H2,20,21,26)(H4,18,19,22,23)/t9?,10-,15-,35?/m1/s1. The lowest BCUT2D eigenvalue weighted by molar-refractivity contribution is -0.150. The summed E-state index contributed by atoms with van der Waals surface area (Å²) >= 11 is 2.40. The molecule has 0 spiro atoms. The maximum atomic E-state index is 12.8. The van der Waals surface area contributed by atoms with E-state index in [4.69, 9.17) is 16.2 Å². The first kappa shape index (κ1) is 24.6. The van der Waals surface area contributed by atoms with Gasteiger partial charge in [-0.05, 0) is 22.2 Å². The van der Waals surface area contributed by atoms with E-state index in [-0.39, 0.29) is 34.9 Å². The summed E-state index contributed by atoms with van der Waals surface area (Å²) in [4.78, 5) is 61.3. The molecule has 35 heavy (non-hydrogen) atoms. The lowest BCUT2D eigenvalue weighted by Gasteiger charge is -2.49. The first-order valence-corrected chi connectivity index (χ1v) is 13.0. The summed E-state index contributed by atoms with van der Waals surface area (Å²) in [5.41, 5.74) is 11.4. The van der Waals surface area contributed by atoms with Crippen LogP contribution in [-0.2, 0) is 25.3 Å². The van der Waals surface area contributed by atoms with Crippen LogP contribution < -0.4 is 21.5 Å². The number of aliphatic imine (C=N–C) groups is 1. The number of anilines is 2. The van der Waals surface area contributed by atoms with Gasteiger partial charge in [-0.2, -0.15) is 4.98 Å². The Hall–Kier alpha value is -3.51. The number of rotatable bonds is 8. The minimum atomic E-state index is -1.52. The molecule has 0 aliphatic carbocycles. The Labute approximate surface area is 208 Å². The van der Waals surface area contributed by atoms with Gasteiger partial charge in [0.15, 0.2) is 0 Å². The summed E-state index contributed by atoms with van der Waals surface area (Å²) in [6.45, 7) is 0. The molecule has 1 saturated heterocycles. The number of carbonyl (C=O) groups excluding carboxylic acids is 2. The van der Waals surface area contributed by atoms with Gasteiger partial charge in [0.25, 0.3) is 11.8 Å². The number of allylic oxidation sites excluding steroid dienone is 1. The molecule has 1 aromatic heterocycles. The van der Waals surface area contributed by atoms with Crippen LogP contribution in [0.4, 0.5) is 11.8 Å². The average Bonchev–Trinajstić information content (AvgIpc) is 3.22. The molecule has 0 radical (unpaired) electrons. The monoisotopic (exact) mass is 538 g/mol. The Morgan fingerprint density at radius 1 is 1.46 bits per heavy atom. The van der Waals surface area contributed by atoms with E-state index in [1.54, 1.807) is 11.5 Å². The number of nitrogens with one attached hydrogen (secondary N) is 3. The van der Waals surface area contributed by atoms with E-state index in [2.05, 4.69) is 30.2 Å². The van der Waals surface area contributed by atoms with Gasteiger partial charge in [0.2, 0.25) is 12.0 Å². The van der Waals surface area contributed by atoms with Gasteiger partial charge in [0.05, 0.1) is 0 Å². The van der Waals surface area contributed by atoms with Crippen molar-refractivity contribution in [2.45, 2.75) is 22.5 Å². The van der Waals surface area contributed by atoms with E-state index >= 15 is 0 Å². The van der Waals surface area contributed by atoms with Crippen molar-refractivity contribution in [2.75, 3.05) is 23.1 Å². The molecule has 8 N–H and O–H groups in total. The van der Waals surface area contributed by atoms with Crippen molar-refractivity contribution in [1.29, 1.82) is 4.78 Å². The van der Waals surface area contributed by atoms with Gasteiger partial charge < -0.3 is 26.6 Å². The molecule has 1 fully saturated rings. The fraction of sp³-hybridized carbons (Fsp3) is 0.294. The highest BCUT2D eigenvalue weighted by Crippen LogP contribution is 2.41. The number of carboxylic acids is 1. The van der Waals surface area contributed by atoms with Crippen molar-refractivity contribution in [2.24, 2.45) is 10.2 Å². The van der Waals surface area contributed by atoms with Gasteiger partial charge in [-0.15, -0.1) is 16.7 Å². The third-order valence-corrected chi connectivity index (χ3v) is 7.77. The third-order valence-electron chi connectivity index (χ3n) is 4.90. The molecule has 2 unspecified atom stereocenters. The van der Waals surface area contributed by atoms with E-state index in [0.29, 0.717) is 10.6 Å². The molecule has 0 saturated carbocycles. The molecule has 2 amide bonds. The first-order valence-electron chi connectivity index (χ1n) is 9.70. The zero-order valence-corrected chi connectivity index (χ0v) is 20.0. The van der Waals surface area contributed by atoms with Crippen LogP contribution in [-0.4, -0.2) is 72.7 Å². The van der Waals surface area contributed by atoms with Crippen LogP contribution in [0.1, 0.15) is 0 Å². The lowest BCUT2D eigenvalue weighted by atomic mass is 10.0. The fourth-order valence-corrected chi connectivity index (χ4v) is 6.19. The van der Waals surface area contributed by atoms with E-state index in [9.17, 15) is 24.4 Å². The Kier molecular flexibility index (Phi) is 7.03. The minimum absolute atomic E-state index is 0.00407. The molecule has 4 atom stereocenters. The Morgan fingerprint density at radius 2 is 2.23 bits per heavy atom. The number of nitrogen functional groups attached to an aromatic ring is 2. The molecule has 4 rings (SSSR count). The number of carbonyl (C=O) groups is 3. The number of hydrogen-bond donors (Lipinski definition) is 6. The largest absolute Gasteiger partial charge is 0.477 e. The van der Waals surface area contributed by atoms with Crippen molar-refractivity contribution in [1.82, 2.24) is 24.9 Å². The van der Waals surface area contributed by atoms with Crippen LogP contribution in [0, 0.1) is 9.69 Å². The van der Waals surface area contributed by atoms with Gasteiger partial charge in [0.1, 0.15) is 39.7 Å². The molecule has 3 aliphatic heterocycles. The number of nitrogens with zero attached hydrogens (tertiary/aromatic N) is 5. The van der Waals surface area contributed by atoms with Crippen LogP contribution >= 0.6 is 23.5 Å². The smallest absolute Gasteiger partial charge is 0.352 e. The summed E-state index contributed by atoms with van der Waals surface area (Å²) in [5.74, 6) is -2.26. The van der Waals surface area contributed by atoms with E-state index in [1.807, 2.05) is 0 Å². The molecule has 0 aromatic carbocycles. The molecule has 3 aliphatic rings. The van der Waals surface area contributed by atoms with Crippen LogP contribution in [0.5, 0.6) is 0 Å². The first-order chi connectivity index (χ1) is 16.7. The van der Waals surface area contributed by atoms with Gasteiger partial charge in [-0.25, -0.2) is 9.78 Å². The minimum Gasteiger partial charge on any atom is -0.477 e.